The van der Waals surface area contributed by atoms with E-state index in [4.69, 9.17) is 11.6 Å². The number of hydrogen-bond acceptors (Lipinski definition) is 2. The molecular weight excluding hydrogens is 148 g/mol. The largest absolute Gasteiger partial charge is 0.125 e. The van der Waals surface area contributed by atoms with Gasteiger partial charge in [0.15, 0.2) is 0 Å². The van der Waals surface area contributed by atoms with Gasteiger partial charge in [0.05, 0.1) is 0 Å². The first-order valence-corrected chi connectivity index (χ1v) is 5.22. The third-order valence-corrected chi connectivity index (χ3v) is 3.37. The summed E-state index contributed by atoms with van der Waals surface area (Å²) in [6, 6.07) is 0. The van der Waals surface area contributed by atoms with Gasteiger partial charge in [-0.05, 0) is 6.26 Å². The molecule has 0 bridgehead atoms. The summed E-state index contributed by atoms with van der Waals surface area (Å²) in [5, 5.41) is 0.594. The highest BCUT2D eigenvalue weighted by atomic mass is 35.5. The first kappa shape index (κ1) is 7.99. The Morgan fingerprint density at radius 1 is 1.71 bits per heavy atom. The molecule has 1 unspecified atom stereocenters. The lowest BCUT2D eigenvalue weighted by Crippen LogP contribution is -1.92. The van der Waals surface area contributed by atoms with Crippen molar-refractivity contribution in [3.05, 3.63) is 0 Å². The number of hydrogen-bond donors (Lipinski definition) is 0. The maximum atomic E-state index is 5.50. The normalized spacial score (nSPS) is 14.1. The molecule has 0 aromatic carbocycles. The van der Waals surface area contributed by atoms with E-state index in [1.54, 1.807) is 10.8 Å². The third kappa shape index (κ3) is 4.85. The van der Waals surface area contributed by atoms with Gasteiger partial charge in [0.2, 0.25) is 0 Å². The fourth-order valence-electron chi connectivity index (χ4n) is 0.190. The monoisotopic (exact) mass is 156 g/mol. The minimum absolute atomic E-state index is 0.594. The van der Waals surface area contributed by atoms with Crippen molar-refractivity contribution in [3.8, 4) is 0 Å². The second kappa shape index (κ2) is 5.13. The van der Waals surface area contributed by atoms with E-state index in [0.29, 0.717) is 5.25 Å². The molecule has 0 radical (unpaired) electrons. The number of alkyl halides is 1. The van der Waals surface area contributed by atoms with E-state index in [1.165, 1.54) is 0 Å². The fourth-order valence-corrected chi connectivity index (χ4v) is 2.17. The van der Waals surface area contributed by atoms with Crippen molar-refractivity contribution >= 4 is 33.2 Å². The van der Waals surface area contributed by atoms with Gasteiger partial charge in [0.25, 0.3) is 0 Å². The van der Waals surface area contributed by atoms with E-state index in [0.717, 1.165) is 5.88 Å². The van der Waals surface area contributed by atoms with Gasteiger partial charge in [-0.2, -0.15) is 0 Å². The first-order valence-electron chi connectivity index (χ1n) is 2.06. The van der Waals surface area contributed by atoms with E-state index in [-0.39, 0.29) is 0 Å². The standard InChI is InChI=1S/C4H9ClS2/c1-4(3-5)7-6-2/h4H,3H2,1-2H3. The molecule has 0 saturated carbocycles. The topological polar surface area (TPSA) is 0 Å². The van der Waals surface area contributed by atoms with Crippen molar-refractivity contribution in [2.24, 2.45) is 0 Å². The summed E-state index contributed by atoms with van der Waals surface area (Å²) < 4.78 is 0. The molecular formula is C4H9ClS2. The molecule has 0 aromatic rings. The van der Waals surface area contributed by atoms with Crippen LogP contribution in [0.5, 0.6) is 0 Å². The summed E-state index contributed by atoms with van der Waals surface area (Å²) in [7, 11) is 3.58. The van der Waals surface area contributed by atoms with Crippen LogP contribution in [0.25, 0.3) is 0 Å². The van der Waals surface area contributed by atoms with Crippen LogP contribution in [0.1, 0.15) is 6.92 Å². The summed E-state index contributed by atoms with van der Waals surface area (Å²) in [5.74, 6) is 0.755. The predicted molar refractivity (Wildman–Crippen MR) is 41.3 cm³/mol. The summed E-state index contributed by atoms with van der Waals surface area (Å²) >= 11 is 5.50. The van der Waals surface area contributed by atoms with E-state index >= 15 is 0 Å². The Morgan fingerprint density at radius 2 is 2.29 bits per heavy atom. The second-order valence-electron chi connectivity index (χ2n) is 1.23. The highest BCUT2D eigenvalue weighted by Crippen LogP contribution is 2.23. The van der Waals surface area contributed by atoms with Gasteiger partial charge in [-0.25, -0.2) is 0 Å². The van der Waals surface area contributed by atoms with Gasteiger partial charge < -0.3 is 0 Å². The van der Waals surface area contributed by atoms with Crippen LogP contribution in [0.15, 0.2) is 0 Å². The summed E-state index contributed by atoms with van der Waals surface area (Å²) in [4.78, 5) is 0. The number of halogens is 1. The maximum Gasteiger partial charge on any atom is 0.0348 e. The molecule has 0 N–H and O–H groups in total. The van der Waals surface area contributed by atoms with Crippen LogP contribution in [-0.2, 0) is 0 Å². The Labute approximate surface area is 57.8 Å². The Morgan fingerprint density at radius 3 is 2.43 bits per heavy atom. The van der Waals surface area contributed by atoms with Crippen molar-refractivity contribution in [1.29, 1.82) is 0 Å². The predicted octanol–water partition coefficient (Wildman–Crippen LogP) is 2.62. The summed E-state index contributed by atoms with van der Waals surface area (Å²) in [6.45, 7) is 2.12. The van der Waals surface area contributed by atoms with Crippen molar-refractivity contribution in [2.45, 2.75) is 12.2 Å². The molecule has 0 saturated heterocycles. The first-order chi connectivity index (χ1) is 3.31. The quantitative estimate of drug-likeness (QED) is 0.455. The van der Waals surface area contributed by atoms with Gasteiger partial charge >= 0.3 is 0 Å². The molecule has 0 rings (SSSR count). The number of rotatable bonds is 3. The molecule has 0 aliphatic heterocycles. The maximum absolute atomic E-state index is 5.50. The molecule has 3 heteroatoms. The average molecular weight is 157 g/mol. The lowest BCUT2D eigenvalue weighted by atomic mass is 10.6. The van der Waals surface area contributed by atoms with Crippen LogP contribution in [-0.4, -0.2) is 17.4 Å². The smallest absolute Gasteiger partial charge is 0.0348 e. The van der Waals surface area contributed by atoms with E-state index in [9.17, 15) is 0 Å². The van der Waals surface area contributed by atoms with Crippen LogP contribution in [0, 0.1) is 0 Å². The molecule has 7 heavy (non-hydrogen) atoms. The lowest BCUT2D eigenvalue weighted by molar-refractivity contribution is 1.13. The van der Waals surface area contributed by atoms with Crippen LogP contribution < -0.4 is 0 Å². The van der Waals surface area contributed by atoms with Crippen LogP contribution in [0.2, 0.25) is 0 Å². The molecule has 0 aliphatic carbocycles. The third-order valence-electron chi connectivity index (χ3n) is 0.478. The molecule has 0 nitrogen and oxygen atoms in total. The van der Waals surface area contributed by atoms with Crippen molar-refractivity contribution in [2.75, 3.05) is 12.1 Å². The Bertz CT molecular complexity index is 40.7. The molecule has 0 spiro atoms. The highest BCUT2D eigenvalue weighted by molar-refractivity contribution is 8.76. The molecule has 44 valence electrons. The zero-order chi connectivity index (χ0) is 5.70. The van der Waals surface area contributed by atoms with Gasteiger partial charge in [0, 0.05) is 11.1 Å². The van der Waals surface area contributed by atoms with Crippen LogP contribution in [0.4, 0.5) is 0 Å². The van der Waals surface area contributed by atoms with Gasteiger partial charge in [-0.15, -0.1) is 11.6 Å². The fraction of sp³-hybridized carbons (Fsp3) is 1.00. The minimum Gasteiger partial charge on any atom is -0.125 e. The van der Waals surface area contributed by atoms with Crippen molar-refractivity contribution in [1.82, 2.24) is 0 Å². The summed E-state index contributed by atoms with van der Waals surface area (Å²) in [6.07, 6.45) is 2.06. The SMILES string of the molecule is CSSC(C)CCl. The molecule has 0 heterocycles. The Balaban J connectivity index is 2.83. The zero-order valence-electron chi connectivity index (χ0n) is 4.48. The molecule has 1 atom stereocenters. The Kier molecular flexibility index (Phi) is 5.86. The molecule has 0 aromatic heterocycles. The van der Waals surface area contributed by atoms with Crippen molar-refractivity contribution < 1.29 is 0 Å². The minimum atomic E-state index is 0.594. The summed E-state index contributed by atoms with van der Waals surface area (Å²) in [5.41, 5.74) is 0. The molecule has 0 amide bonds. The highest BCUT2D eigenvalue weighted by Gasteiger charge is 1.95. The lowest BCUT2D eigenvalue weighted by Gasteiger charge is -2.00. The van der Waals surface area contributed by atoms with E-state index in [2.05, 4.69) is 13.2 Å². The Hall–Kier alpha value is 0.990. The van der Waals surface area contributed by atoms with Gasteiger partial charge in [-0.3, -0.25) is 0 Å². The average Bonchev–Trinajstić information content (AvgIpc) is 1.68. The second-order valence-corrected chi connectivity index (χ2v) is 4.44. The van der Waals surface area contributed by atoms with E-state index < -0.39 is 0 Å². The van der Waals surface area contributed by atoms with Crippen LogP contribution >= 0.6 is 33.2 Å². The van der Waals surface area contributed by atoms with E-state index in [1.807, 2.05) is 10.8 Å². The van der Waals surface area contributed by atoms with Crippen molar-refractivity contribution in [3.63, 3.8) is 0 Å². The molecule has 0 aliphatic rings. The van der Waals surface area contributed by atoms with Gasteiger partial charge in [0.1, 0.15) is 0 Å². The molecule has 0 fully saturated rings. The van der Waals surface area contributed by atoms with Gasteiger partial charge in [-0.1, -0.05) is 28.5 Å². The zero-order valence-corrected chi connectivity index (χ0v) is 6.87. The van der Waals surface area contributed by atoms with Crippen LogP contribution in [0.3, 0.4) is 0 Å².